The van der Waals surface area contributed by atoms with Crippen molar-refractivity contribution in [2.24, 2.45) is 5.73 Å². The van der Waals surface area contributed by atoms with Crippen molar-refractivity contribution in [1.82, 2.24) is 9.55 Å². The average Bonchev–Trinajstić information content (AvgIpc) is 2.98. The van der Waals surface area contributed by atoms with Gasteiger partial charge in [0.15, 0.2) is 11.4 Å². The molecule has 0 amide bonds. The number of furan rings is 1. The highest BCUT2D eigenvalue weighted by atomic mass is 16.3. The van der Waals surface area contributed by atoms with E-state index in [0.717, 1.165) is 0 Å². The smallest absolute Gasteiger partial charge is 0.176 e. The molecule has 6 heteroatoms. The summed E-state index contributed by atoms with van der Waals surface area (Å²) in [6.45, 7) is 1.81. The second-order valence-electron chi connectivity index (χ2n) is 3.89. The van der Waals surface area contributed by atoms with Crippen LogP contribution in [0.15, 0.2) is 29.1 Å². The molecule has 0 spiro atoms. The summed E-state index contributed by atoms with van der Waals surface area (Å²) in [5.74, 6) is 0.628. The molecule has 18 heavy (non-hydrogen) atoms. The summed E-state index contributed by atoms with van der Waals surface area (Å²) in [6, 6.07) is 6.74. The zero-order valence-corrected chi connectivity index (χ0v) is 9.74. The van der Waals surface area contributed by atoms with Crippen LogP contribution in [-0.4, -0.2) is 15.6 Å². The molecule has 6 nitrogen and oxygen atoms in total. The van der Waals surface area contributed by atoms with E-state index in [4.69, 9.17) is 20.7 Å². The van der Waals surface area contributed by atoms with Crippen LogP contribution in [0.3, 0.4) is 0 Å². The summed E-state index contributed by atoms with van der Waals surface area (Å²) in [5.41, 5.74) is 6.22. The van der Waals surface area contributed by atoms with Crippen LogP contribution in [0.4, 0.5) is 0 Å². The van der Waals surface area contributed by atoms with E-state index < -0.39 is 0 Å². The fourth-order valence-corrected chi connectivity index (χ4v) is 1.87. The summed E-state index contributed by atoms with van der Waals surface area (Å²) in [6.07, 6.45) is 2.98. The lowest BCUT2D eigenvalue weighted by atomic mass is 10.1. The first kappa shape index (κ1) is 11.9. The van der Waals surface area contributed by atoms with E-state index in [1.807, 2.05) is 12.1 Å². The molecule has 0 aromatic carbocycles. The van der Waals surface area contributed by atoms with Gasteiger partial charge in [-0.1, -0.05) is 0 Å². The molecule has 0 aliphatic carbocycles. The van der Waals surface area contributed by atoms with Crippen molar-refractivity contribution in [3.05, 3.63) is 41.9 Å². The number of aromatic nitrogens is 2. The molecule has 0 bridgehead atoms. The highest BCUT2D eigenvalue weighted by molar-refractivity contribution is 5.37. The maximum Gasteiger partial charge on any atom is 0.176 e. The predicted molar refractivity (Wildman–Crippen MR) is 62.2 cm³/mol. The van der Waals surface area contributed by atoms with E-state index in [9.17, 15) is 0 Å². The highest BCUT2D eigenvalue weighted by Crippen LogP contribution is 2.24. The van der Waals surface area contributed by atoms with Crippen molar-refractivity contribution in [2.75, 3.05) is 0 Å². The second-order valence-corrected chi connectivity index (χ2v) is 3.89. The molecule has 2 heterocycles. The first-order valence-electron chi connectivity index (χ1n) is 5.35. The Balaban J connectivity index is 2.55. The van der Waals surface area contributed by atoms with E-state index in [-0.39, 0.29) is 23.5 Å². The Morgan fingerprint density at radius 2 is 2.22 bits per heavy atom. The molecule has 2 N–H and O–H groups in total. The van der Waals surface area contributed by atoms with Crippen molar-refractivity contribution in [2.45, 2.75) is 19.0 Å². The van der Waals surface area contributed by atoms with Crippen LogP contribution in [0.1, 0.15) is 30.1 Å². The fourth-order valence-electron chi connectivity index (χ4n) is 1.87. The second kappa shape index (κ2) is 4.74. The van der Waals surface area contributed by atoms with Gasteiger partial charge in [-0.15, -0.1) is 0 Å². The van der Waals surface area contributed by atoms with Gasteiger partial charge in [0.1, 0.15) is 23.9 Å². The van der Waals surface area contributed by atoms with Crippen LogP contribution >= 0.6 is 0 Å². The molecular weight excluding hydrogens is 230 g/mol. The Morgan fingerprint density at radius 3 is 2.72 bits per heavy atom. The predicted octanol–water partition coefficient (Wildman–Crippen LogP) is 1.16. The molecule has 0 aliphatic rings. The van der Waals surface area contributed by atoms with Gasteiger partial charge < -0.3 is 14.7 Å². The Bertz CT molecular complexity index is 612. The third kappa shape index (κ3) is 1.86. The third-order valence-electron chi connectivity index (χ3n) is 2.64. The van der Waals surface area contributed by atoms with Crippen LogP contribution in [0.2, 0.25) is 0 Å². The number of imidazole rings is 1. The van der Waals surface area contributed by atoms with Gasteiger partial charge in [-0.2, -0.15) is 10.5 Å². The summed E-state index contributed by atoms with van der Waals surface area (Å²) in [5, 5.41) is 18.0. The highest BCUT2D eigenvalue weighted by Gasteiger charge is 2.25. The van der Waals surface area contributed by atoms with Crippen LogP contribution < -0.4 is 5.73 Å². The molecule has 0 radical (unpaired) electrons. The minimum Gasteiger partial charge on any atom is -0.467 e. The monoisotopic (exact) mass is 241 g/mol. The van der Waals surface area contributed by atoms with Crippen molar-refractivity contribution in [3.63, 3.8) is 0 Å². The van der Waals surface area contributed by atoms with E-state index in [2.05, 4.69) is 4.98 Å². The van der Waals surface area contributed by atoms with E-state index in [1.54, 1.807) is 29.9 Å². The number of nitriles is 2. The molecule has 2 aromatic heterocycles. The van der Waals surface area contributed by atoms with Crippen LogP contribution in [0.25, 0.3) is 0 Å². The van der Waals surface area contributed by atoms with E-state index >= 15 is 0 Å². The van der Waals surface area contributed by atoms with Crippen molar-refractivity contribution < 1.29 is 4.42 Å². The molecule has 0 saturated carbocycles. The molecule has 90 valence electrons. The molecule has 2 atom stereocenters. The first-order valence-corrected chi connectivity index (χ1v) is 5.35. The first-order chi connectivity index (χ1) is 8.69. The SMILES string of the molecule is CC(N)C(c1ccco1)n1cnc(C#N)c1C#N. The molecule has 0 fully saturated rings. The average molecular weight is 241 g/mol. The molecule has 2 unspecified atom stereocenters. The number of nitrogens with two attached hydrogens (primary N) is 1. The number of hydrogen-bond donors (Lipinski definition) is 1. The number of nitrogens with zero attached hydrogens (tertiary/aromatic N) is 4. The minimum absolute atomic E-state index is 0.0923. The molecule has 0 saturated heterocycles. The number of hydrogen-bond acceptors (Lipinski definition) is 5. The lowest BCUT2D eigenvalue weighted by Gasteiger charge is -2.20. The summed E-state index contributed by atoms with van der Waals surface area (Å²) < 4.78 is 6.90. The lowest BCUT2D eigenvalue weighted by molar-refractivity contribution is 0.389. The fraction of sp³-hybridized carbons (Fsp3) is 0.250. The van der Waals surface area contributed by atoms with Crippen LogP contribution in [0.5, 0.6) is 0 Å². The Morgan fingerprint density at radius 1 is 1.44 bits per heavy atom. The van der Waals surface area contributed by atoms with Gasteiger partial charge in [-0.3, -0.25) is 0 Å². The maximum atomic E-state index is 9.11. The minimum atomic E-state index is -0.357. The topological polar surface area (TPSA) is 105 Å². The summed E-state index contributed by atoms with van der Waals surface area (Å²) >= 11 is 0. The van der Waals surface area contributed by atoms with Crippen molar-refractivity contribution in [1.29, 1.82) is 10.5 Å². The normalized spacial score (nSPS) is 13.6. The van der Waals surface area contributed by atoms with Gasteiger partial charge in [-0.25, -0.2) is 4.98 Å². The van der Waals surface area contributed by atoms with Gasteiger partial charge in [0.05, 0.1) is 12.6 Å². The van der Waals surface area contributed by atoms with Crippen molar-refractivity contribution >= 4 is 0 Å². The molecule has 0 aliphatic heterocycles. The Hall–Kier alpha value is -2.57. The lowest BCUT2D eigenvalue weighted by Crippen LogP contribution is -2.30. The molecule has 2 aromatic rings. The molecular formula is C12H11N5O. The quantitative estimate of drug-likeness (QED) is 0.867. The Labute approximate surface area is 104 Å². The standard InChI is InChI=1S/C12H11N5O/c1-8(15)12(11-3-2-4-18-11)17-7-16-9(5-13)10(17)6-14/h2-4,7-8,12H,15H2,1H3. The van der Waals surface area contributed by atoms with Gasteiger partial charge in [0.25, 0.3) is 0 Å². The van der Waals surface area contributed by atoms with Gasteiger partial charge in [0.2, 0.25) is 0 Å². The van der Waals surface area contributed by atoms with Gasteiger partial charge >= 0.3 is 0 Å². The molecule has 2 rings (SSSR count). The summed E-state index contributed by atoms with van der Waals surface area (Å²) in [4.78, 5) is 3.90. The zero-order valence-electron chi connectivity index (χ0n) is 9.74. The Kier molecular flexibility index (Phi) is 3.13. The van der Waals surface area contributed by atoms with Gasteiger partial charge in [0, 0.05) is 6.04 Å². The maximum absolute atomic E-state index is 9.11. The zero-order chi connectivity index (χ0) is 13.1. The van der Waals surface area contributed by atoms with E-state index in [0.29, 0.717) is 5.76 Å². The summed E-state index contributed by atoms with van der Waals surface area (Å²) in [7, 11) is 0. The van der Waals surface area contributed by atoms with Crippen LogP contribution in [0, 0.1) is 22.7 Å². The van der Waals surface area contributed by atoms with Crippen molar-refractivity contribution in [3.8, 4) is 12.1 Å². The third-order valence-corrected chi connectivity index (χ3v) is 2.64. The number of rotatable bonds is 3. The van der Waals surface area contributed by atoms with Gasteiger partial charge in [-0.05, 0) is 19.1 Å². The largest absolute Gasteiger partial charge is 0.467 e. The van der Waals surface area contributed by atoms with Crippen LogP contribution in [-0.2, 0) is 0 Å². The van der Waals surface area contributed by atoms with E-state index in [1.165, 1.54) is 6.33 Å².